The molecular formula is C13H13NO3. The summed E-state index contributed by atoms with van der Waals surface area (Å²) in [6.45, 7) is 2.08. The van der Waals surface area contributed by atoms with E-state index in [0.717, 1.165) is 10.8 Å². The Balaban J connectivity index is 2.29. The summed E-state index contributed by atoms with van der Waals surface area (Å²) in [5.41, 5.74) is 0.640. The maximum Gasteiger partial charge on any atom is 0.411 e. The zero-order chi connectivity index (χ0) is 12.3. The highest BCUT2D eigenvalue weighted by Gasteiger charge is 2.04. The summed E-state index contributed by atoms with van der Waals surface area (Å²) in [6, 6.07) is 10.5. The molecule has 2 rings (SSSR count). The standard InChI is InChI=1S/C13H13NO3/c1-2-17-13(16)14-10-6-7-11-9(8-10)4-3-5-12(11)15/h3-8,15H,2H2,1H3,(H,14,16). The molecule has 0 radical (unpaired) electrons. The molecule has 0 saturated heterocycles. The fourth-order valence-electron chi connectivity index (χ4n) is 1.63. The van der Waals surface area contributed by atoms with Crippen LogP contribution in [0.1, 0.15) is 6.92 Å². The van der Waals surface area contributed by atoms with Crippen molar-refractivity contribution in [3.63, 3.8) is 0 Å². The van der Waals surface area contributed by atoms with Crippen LogP contribution in [0.25, 0.3) is 10.8 Å². The van der Waals surface area contributed by atoms with Crippen LogP contribution in [0.3, 0.4) is 0 Å². The first-order chi connectivity index (χ1) is 8.20. The Morgan fingerprint density at radius 3 is 2.94 bits per heavy atom. The number of phenols is 1. The Morgan fingerprint density at radius 2 is 2.18 bits per heavy atom. The Kier molecular flexibility index (Phi) is 3.14. The van der Waals surface area contributed by atoms with E-state index in [1.807, 2.05) is 6.07 Å². The van der Waals surface area contributed by atoms with Crippen molar-refractivity contribution in [3.8, 4) is 5.75 Å². The normalized spacial score (nSPS) is 10.2. The van der Waals surface area contributed by atoms with Crippen LogP contribution in [0, 0.1) is 0 Å². The first-order valence-corrected chi connectivity index (χ1v) is 5.36. The molecule has 0 aromatic heterocycles. The minimum absolute atomic E-state index is 0.227. The number of nitrogens with one attached hydrogen (secondary N) is 1. The van der Waals surface area contributed by atoms with Gasteiger partial charge in [-0.05, 0) is 36.6 Å². The Bertz CT molecular complexity index is 551. The number of phenolic OH excluding ortho intramolecular Hbond substituents is 1. The molecule has 0 bridgehead atoms. The summed E-state index contributed by atoms with van der Waals surface area (Å²) in [4.78, 5) is 11.2. The molecule has 0 aliphatic carbocycles. The molecule has 0 heterocycles. The van der Waals surface area contributed by atoms with E-state index in [-0.39, 0.29) is 5.75 Å². The molecule has 0 aliphatic rings. The van der Waals surface area contributed by atoms with Gasteiger partial charge in [0, 0.05) is 11.1 Å². The fourth-order valence-corrected chi connectivity index (χ4v) is 1.63. The molecular weight excluding hydrogens is 218 g/mol. The largest absolute Gasteiger partial charge is 0.507 e. The molecule has 0 atom stereocenters. The highest BCUT2D eigenvalue weighted by molar-refractivity contribution is 5.93. The van der Waals surface area contributed by atoms with Crippen molar-refractivity contribution in [2.75, 3.05) is 11.9 Å². The van der Waals surface area contributed by atoms with E-state index in [0.29, 0.717) is 12.3 Å². The monoisotopic (exact) mass is 231 g/mol. The summed E-state index contributed by atoms with van der Waals surface area (Å²) < 4.78 is 4.78. The molecule has 0 aliphatic heterocycles. The fraction of sp³-hybridized carbons (Fsp3) is 0.154. The van der Waals surface area contributed by atoms with Crippen LogP contribution >= 0.6 is 0 Å². The molecule has 17 heavy (non-hydrogen) atoms. The van der Waals surface area contributed by atoms with Crippen molar-refractivity contribution in [1.29, 1.82) is 0 Å². The van der Waals surface area contributed by atoms with Crippen molar-refractivity contribution in [3.05, 3.63) is 36.4 Å². The molecule has 4 nitrogen and oxygen atoms in total. The highest BCUT2D eigenvalue weighted by atomic mass is 16.5. The minimum atomic E-state index is -0.480. The van der Waals surface area contributed by atoms with Crippen molar-refractivity contribution < 1.29 is 14.6 Å². The SMILES string of the molecule is CCOC(=O)Nc1ccc2c(O)cccc2c1. The van der Waals surface area contributed by atoms with Gasteiger partial charge in [0.05, 0.1) is 6.61 Å². The third kappa shape index (κ3) is 2.47. The highest BCUT2D eigenvalue weighted by Crippen LogP contribution is 2.26. The van der Waals surface area contributed by atoms with Gasteiger partial charge >= 0.3 is 6.09 Å². The van der Waals surface area contributed by atoms with Crippen LogP contribution in [0.2, 0.25) is 0 Å². The second-order valence-electron chi connectivity index (χ2n) is 3.56. The van der Waals surface area contributed by atoms with E-state index in [9.17, 15) is 9.90 Å². The lowest BCUT2D eigenvalue weighted by molar-refractivity contribution is 0.168. The number of carbonyl (C=O) groups is 1. The summed E-state index contributed by atoms with van der Waals surface area (Å²) in [5.74, 6) is 0.227. The van der Waals surface area contributed by atoms with Crippen molar-refractivity contribution in [2.24, 2.45) is 0 Å². The number of hydrogen-bond donors (Lipinski definition) is 2. The van der Waals surface area contributed by atoms with Gasteiger partial charge in [0.25, 0.3) is 0 Å². The molecule has 0 spiro atoms. The van der Waals surface area contributed by atoms with Gasteiger partial charge in [0.15, 0.2) is 0 Å². The number of benzene rings is 2. The van der Waals surface area contributed by atoms with Crippen LogP contribution in [0.5, 0.6) is 5.75 Å². The van der Waals surface area contributed by atoms with E-state index in [2.05, 4.69) is 5.32 Å². The molecule has 0 saturated carbocycles. The van der Waals surface area contributed by atoms with E-state index in [4.69, 9.17) is 4.74 Å². The lowest BCUT2D eigenvalue weighted by Crippen LogP contribution is -2.13. The molecule has 1 amide bonds. The van der Waals surface area contributed by atoms with Crippen molar-refractivity contribution in [2.45, 2.75) is 6.92 Å². The lowest BCUT2D eigenvalue weighted by atomic mass is 10.1. The van der Waals surface area contributed by atoms with Crippen LogP contribution in [0.4, 0.5) is 10.5 Å². The molecule has 2 N–H and O–H groups in total. The van der Waals surface area contributed by atoms with Crippen LogP contribution in [0.15, 0.2) is 36.4 Å². The van der Waals surface area contributed by atoms with E-state index >= 15 is 0 Å². The first-order valence-electron chi connectivity index (χ1n) is 5.36. The molecule has 0 unspecified atom stereocenters. The van der Waals surface area contributed by atoms with Gasteiger partial charge in [-0.2, -0.15) is 0 Å². The maximum atomic E-state index is 11.2. The smallest absolute Gasteiger partial charge is 0.411 e. The Labute approximate surface area is 98.8 Å². The van der Waals surface area contributed by atoms with Crippen LogP contribution < -0.4 is 5.32 Å². The van der Waals surface area contributed by atoms with E-state index in [1.54, 1.807) is 37.3 Å². The van der Waals surface area contributed by atoms with Gasteiger partial charge in [0.1, 0.15) is 5.75 Å². The molecule has 2 aromatic carbocycles. The number of carbonyl (C=O) groups excluding carboxylic acids is 1. The number of hydrogen-bond acceptors (Lipinski definition) is 3. The van der Waals surface area contributed by atoms with Gasteiger partial charge in [-0.25, -0.2) is 4.79 Å². The number of anilines is 1. The second-order valence-corrected chi connectivity index (χ2v) is 3.56. The third-order valence-corrected chi connectivity index (χ3v) is 2.38. The average molecular weight is 231 g/mol. The Morgan fingerprint density at radius 1 is 1.35 bits per heavy atom. The second kappa shape index (κ2) is 4.74. The van der Waals surface area contributed by atoms with Gasteiger partial charge < -0.3 is 9.84 Å². The zero-order valence-corrected chi connectivity index (χ0v) is 9.43. The van der Waals surface area contributed by atoms with Gasteiger partial charge in [-0.15, -0.1) is 0 Å². The van der Waals surface area contributed by atoms with Gasteiger partial charge in [-0.3, -0.25) is 5.32 Å². The zero-order valence-electron chi connectivity index (χ0n) is 9.43. The predicted molar refractivity (Wildman–Crippen MR) is 66.3 cm³/mol. The lowest BCUT2D eigenvalue weighted by Gasteiger charge is -2.07. The Hall–Kier alpha value is -2.23. The van der Waals surface area contributed by atoms with Gasteiger partial charge in [0.2, 0.25) is 0 Å². The van der Waals surface area contributed by atoms with Gasteiger partial charge in [-0.1, -0.05) is 12.1 Å². The summed E-state index contributed by atoms with van der Waals surface area (Å²) in [7, 11) is 0. The summed E-state index contributed by atoms with van der Waals surface area (Å²) in [5, 5.41) is 13.8. The molecule has 0 fully saturated rings. The van der Waals surface area contributed by atoms with Crippen molar-refractivity contribution >= 4 is 22.6 Å². The minimum Gasteiger partial charge on any atom is -0.507 e. The van der Waals surface area contributed by atoms with Crippen molar-refractivity contribution in [1.82, 2.24) is 0 Å². The topological polar surface area (TPSA) is 58.6 Å². The van der Waals surface area contributed by atoms with Crippen LogP contribution in [-0.2, 0) is 4.74 Å². The number of rotatable bonds is 2. The molecule has 88 valence electrons. The summed E-state index contributed by atoms with van der Waals surface area (Å²) in [6.07, 6.45) is -0.480. The quantitative estimate of drug-likeness (QED) is 0.834. The van der Waals surface area contributed by atoms with Crippen LogP contribution in [-0.4, -0.2) is 17.8 Å². The number of aromatic hydroxyl groups is 1. The van der Waals surface area contributed by atoms with E-state index < -0.39 is 6.09 Å². The third-order valence-electron chi connectivity index (χ3n) is 2.38. The predicted octanol–water partition coefficient (Wildman–Crippen LogP) is 3.11. The molecule has 4 heteroatoms. The number of ether oxygens (including phenoxy) is 1. The first kappa shape index (κ1) is 11.3. The number of amides is 1. The molecule has 2 aromatic rings. The van der Waals surface area contributed by atoms with E-state index in [1.165, 1.54) is 0 Å². The maximum absolute atomic E-state index is 11.2. The number of fused-ring (bicyclic) bond motifs is 1. The summed E-state index contributed by atoms with van der Waals surface area (Å²) >= 11 is 0. The average Bonchev–Trinajstić information content (AvgIpc) is 2.29.